The zero-order valence-electron chi connectivity index (χ0n) is 12.1. The number of anilines is 1. The minimum absolute atomic E-state index is 0.100. The lowest BCUT2D eigenvalue weighted by Gasteiger charge is -2.15. The van der Waals surface area contributed by atoms with Crippen LogP contribution in [0.2, 0.25) is 0 Å². The Morgan fingerprint density at radius 1 is 1.21 bits per heavy atom. The minimum Gasteiger partial charge on any atom is -0.375 e. The zero-order valence-corrected chi connectivity index (χ0v) is 12.9. The van der Waals surface area contributed by atoms with Gasteiger partial charge >= 0.3 is 0 Å². The number of thiazole rings is 1. The van der Waals surface area contributed by atoms with Gasteiger partial charge in [0.15, 0.2) is 0 Å². The van der Waals surface area contributed by atoms with Crippen LogP contribution < -0.4 is 5.32 Å². The van der Waals surface area contributed by atoms with E-state index in [4.69, 9.17) is 4.98 Å². The number of aryl methyl sites for hydroxylation is 1. The monoisotopic (exact) mass is 276 g/mol. The van der Waals surface area contributed by atoms with Gasteiger partial charge in [0.1, 0.15) is 6.33 Å². The maximum absolute atomic E-state index is 4.69. The van der Waals surface area contributed by atoms with Crippen molar-refractivity contribution in [1.29, 1.82) is 0 Å². The fraction of sp³-hybridized carbons (Fsp3) is 0.500. The molecule has 0 spiro atoms. The predicted octanol–water partition coefficient (Wildman–Crippen LogP) is 3.71. The summed E-state index contributed by atoms with van der Waals surface area (Å²) in [6, 6.07) is 0.208. The number of nitrogens with one attached hydrogen (secondary N) is 1. The average molecular weight is 276 g/mol. The van der Waals surface area contributed by atoms with Gasteiger partial charge < -0.3 is 5.32 Å². The third-order valence-corrected chi connectivity index (χ3v) is 4.58. The van der Waals surface area contributed by atoms with Crippen LogP contribution in [0.25, 0.3) is 0 Å². The molecule has 0 aliphatic heterocycles. The number of rotatable bonds is 3. The molecule has 0 aromatic carbocycles. The molecule has 4 nitrogen and oxygen atoms in total. The summed E-state index contributed by atoms with van der Waals surface area (Å²) in [6.07, 6.45) is 5.10. The Balaban J connectivity index is 2.20. The topological polar surface area (TPSA) is 50.7 Å². The molecule has 2 aromatic heterocycles. The highest BCUT2D eigenvalue weighted by atomic mass is 32.1. The van der Waals surface area contributed by atoms with E-state index < -0.39 is 0 Å². The Kier molecular flexibility index (Phi) is 3.85. The fourth-order valence-electron chi connectivity index (χ4n) is 1.82. The van der Waals surface area contributed by atoms with Crippen molar-refractivity contribution >= 4 is 17.0 Å². The highest BCUT2D eigenvalue weighted by Gasteiger charge is 2.22. The largest absolute Gasteiger partial charge is 0.375 e. The molecule has 0 radical (unpaired) electrons. The van der Waals surface area contributed by atoms with E-state index in [-0.39, 0.29) is 11.5 Å². The van der Waals surface area contributed by atoms with Gasteiger partial charge in [-0.25, -0.2) is 15.0 Å². The highest BCUT2D eigenvalue weighted by Crippen LogP contribution is 2.33. The lowest BCUT2D eigenvalue weighted by molar-refractivity contribution is 0.584. The predicted molar refractivity (Wildman–Crippen MR) is 79.6 cm³/mol. The van der Waals surface area contributed by atoms with E-state index >= 15 is 0 Å². The van der Waals surface area contributed by atoms with Gasteiger partial charge in [0, 0.05) is 10.3 Å². The Morgan fingerprint density at radius 3 is 2.37 bits per heavy atom. The van der Waals surface area contributed by atoms with Crippen molar-refractivity contribution in [2.45, 2.75) is 46.1 Å². The third kappa shape index (κ3) is 3.29. The van der Waals surface area contributed by atoms with Crippen LogP contribution in [-0.4, -0.2) is 15.0 Å². The molecular weight excluding hydrogens is 256 g/mol. The Bertz CT molecular complexity index is 542. The minimum atomic E-state index is 0.100. The van der Waals surface area contributed by atoms with E-state index in [1.165, 1.54) is 16.2 Å². The molecule has 2 heterocycles. The molecule has 0 saturated carbocycles. The van der Waals surface area contributed by atoms with Gasteiger partial charge in [-0.1, -0.05) is 20.8 Å². The number of nitrogens with zero attached hydrogens (tertiary/aromatic N) is 3. The second kappa shape index (κ2) is 5.25. The molecule has 0 fully saturated rings. The molecule has 0 saturated heterocycles. The lowest BCUT2D eigenvalue weighted by atomic mass is 9.98. The van der Waals surface area contributed by atoms with Gasteiger partial charge in [-0.3, -0.25) is 0 Å². The van der Waals surface area contributed by atoms with Crippen molar-refractivity contribution in [3.63, 3.8) is 0 Å². The fourth-order valence-corrected chi connectivity index (χ4v) is 2.95. The second-order valence-corrected chi connectivity index (χ2v) is 6.74. The molecule has 2 rings (SSSR count). The lowest BCUT2D eigenvalue weighted by Crippen LogP contribution is -2.10. The maximum Gasteiger partial charge on any atom is 0.115 e. The van der Waals surface area contributed by atoms with Crippen molar-refractivity contribution in [1.82, 2.24) is 15.0 Å². The molecule has 102 valence electrons. The zero-order chi connectivity index (χ0) is 14.0. The average Bonchev–Trinajstić information content (AvgIpc) is 2.72. The first-order valence-electron chi connectivity index (χ1n) is 6.37. The first-order valence-corrected chi connectivity index (χ1v) is 7.19. The summed E-state index contributed by atoms with van der Waals surface area (Å²) in [7, 11) is 0. The summed E-state index contributed by atoms with van der Waals surface area (Å²) >= 11 is 1.78. The summed E-state index contributed by atoms with van der Waals surface area (Å²) in [4.78, 5) is 14.0. The van der Waals surface area contributed by atoms with Gasteiger partial charge in [-0.2, -0.15) is 0 Å². The van der Waals surface area contributed by atoms with Crippen LogP contribution in [0.3, 0.4) is 0 Å². The normalized spacial score (nSPS) is 13.3. The molecule has 1 N–H and O–H groups in total. The van der Waals surface area contributed by atoms with E-state index in [9.17, 15) is 0 Å². The van der Waals surface area contributed by atoms with E-state index in [0.717, 1.165) is 11.4 Å². The van der Waals surface area contributed by atoms with Gasteiger partial charge in [-0.05, 0) is 13.8 Å². The second-order valence-electron chi connectivity index (χ2n) is 5.71. The van der Waals surface area contributed by atoms with Crippen molar-refractivity contribution in [3.05, 3.63) is 34.3 Å². The van der Waals surface area contributed by atoms with Crippen molar-refractivity contribution < 1.29 is 0 Å². The van der Waals surface area contributed by atoms with E-state index in [1.54, 1.807) is 23.7 Å². The molecule has 5 heteroatoms. The highest BCUT2D eigenvalue weighted by molar-refractivity contribution is 7.12. The SMILES string of the molecule is Cc1nc(C(C)(C)C)sc1C(C)Nc1cncnc1. The smallest absolute Gasteiger partial charge is 0.115 e. The molecular formula is C14H20N4S. The van der Waals surface area contributed by atoms with Crippen LogP contribution in [0.1, 0.15) is 49.3 Å². The van der Waals surface area contributed by atoms with Gasteiger partial charge in [0.2, 0.25) is 0 Å². The summed E-state index contributed by atoms with van der Waals surface area (Å²) in [6.45, 7) is 10.8. The summed E-state index contributed by atoms with van der Waals surface area (Å²) < 4.78 is 0. The van der Waals surface area contributed by atoms with Crippen LogP contribution in [0, 0.1) is 6.92 Å². The first-order chi connectivity index (χ1) is 8.88. The number of aromatic nitrogens is 3. The van der Waals surface area contributed by atoms with Crippen LogP contribution in [0.4, 0.5) is 5.69 Å². The Morgan fingerprint density at radius 2 is 1.84 bits per heavy atom. The van der Waals surface area contributed by atoms with Gasteiger partial charge in [0.05, 0.1) is 34.8 Å². The van der Waals surface area contributed by atoms with Crippen LogP contribution in [0.15, 0.2) is 18.7 Å². The van der Waals surface area contributed by atoms with Crippen molar-refractivity contribution in [2.24, 2.45) is 0 Å². The molecule has 0 bridgehead atoms. The Hall–Kier alpha value is -1.49. The van der Waals surface area contributed by atoms with E-state index in [0.29, 0.717) is 0 Å². The standard InChI is InChI=1S/C14H20N4S/c1-9(17-11-6-15-8-16-7-11)12-10(2)18-13(19-12)14(3,4)5/h6-9,17H,1-5H3. The van der Waals surface area contributed by atoms with E-state index in [1.807, 2.05) is 0 Å². The van der Waals surface area contributed by atoms with Crippen LogP contribution >= 0.6 is 11.3 Å². The number of hydrogen-bond acceptors (Lipinski definition) is 5. The van der Waals surface area contributed by atoms with Gasteiger partial charge in [0.25, 0.3) is 0 Å². The molecule has 2 aromatic rings. The van der Waals surface area contributed by atoms with E-state index in [2.05, 4.69) is 49.9 Å². The van der Waals surface area contributed by atoms with Gasteiger partial charge in [-0.15, -0.1) is 11.3 Å². The van der Waals surface area contributed by atoms with Crippen molar-refractivity contribution in [2.75, 3.05) is 5.32 Å². The number of hydrogen-bond donors (Lipinski definition) is 1. The first kappa shape index (κ1) is 13.9. The molecule has 0 aliphatic rings. The summed E-state index contributed by atoms with van der Waals surface area (Å²) in [5, 5.41) is 4.59. The Labute approximate surface area is 118 Å². The molecule has 1 atom stereocenters. The molecule has 0 amide bonds. The quantitative estimate of drug-likeness (QED) is 0.928. The molecule has 1 unspecified atom stereocenters. The summed E-state index contributed by atoms with van der Waals surface area (Å²) in [5.74, 6) is 0. The molecule has 0 aliphatic carbocycles. The molecule has 19 heavy (non-hydrogen) atoms. The van der Waals surface area contributed by atoms with Crippen LogP contribution in [0.5, 0.6) is 0 Å². The maximum atomic E-state index is 4.69. The third-order valence-electron chi connectivity index (χ3n) is 2.81. The van der Waals surface area contributed by atoms with Crippen LogP contribution in [-0.2, 0) is 5.41 Å². The van der Waals surface area contributed by atoms with Crippen molar-refractivity contribution in [3.8, 4) is 0 Å². The summed E-state index contributed by atoms with van der Waals surface area (Å²) in [5.41, 5.74) is 2.13.